The standard InChI is InChI=1S/C37H39ClN7O4P/c1-39-50(38,47)48-24-31-22-44(37(28-16-8-3-9-17-28,29-18-10-4-11-19-29)30-20-12-5-13-21-30)23-32(49-31)45-26-42-33-34(40-25-41-35(33)45)43-36(46)27-14-6-2-7-15-27/h2-21,25,31-33,35,42H,22-24,26H2,1H3,(H,39,47)(H,40,41,43,46)/t31-,32+,33?,35?,50?/m0/s1. The predicted molar refractivity (Wildman–Crippen MR) is 195 cm³/mol. The number of fused-ring (bicyclic) bond motifs is 1. The van der Waals surface area contributed by atoms with Gasteiger partial charge in [-0.2, -0.15) is 0 Å². The molecule has 13 heteroatoms. The van der Waals surface area contributed by atoms with Crippen molar-refractivity contribution in [3.63, 3.8) is 0 Å². The molecule has 5 atom stereocenters. The molecule has 3 aliphatic rings. The van der Waals surface area contributed by atoms with E-state index in [1.54, 1.807) is 12.1 Å². The second kappa shape index (κ2) is 15.1. The number of ether oxygens (including phenoxy) is 1. The summed E-state index contributed by atoms with van der Waals surface area (Å²) in [6.07, 6.45) is 0.0475. The Morgan fingerprint density at radius 2 is 1.48 bits per heavy atom. The Hall–Kier alpha value is -4.03. The van der Waals surface area contributed by atoms with Crippen LogP contribution in [-0.4, -0.2) is 85.8 Å². The zero-order valence-corrected chi connectivity index (χ0v) is 29.2. The molecule has 4 aromatic rings. The number of halogens is 1. The molecule has 3 heterocycles. The number of rotatable bonds is 10. The average molecular weight is 712 g/mol. The molecule has 2 saturated heterocycles. The quantitative estimate of drug-likeness (QED) is 0.155. The molecule has 3 N–H and O–H groups in total. The summed E-state index contributed by atoms with van der Waals surface area (Å²) in [5.41, 5.74) is 3.05. The lowest BCUT2D eigenvalue weighted by Gasteiger charge is -2.52. The monoisotopic (exact) mass is 711 g/mol. The van der Waals surface area contributed by atoms with E-state index in [4.69, 9.17) is 25.5 Å². The van der Waals surface area contributed by atoms with Crippen LogP contribution < -0.4 is 15.7 Å². The molecule has 0 radical (unpaired) electrons. The summed E-state index contributed by atoms with van der Waals surface area (Å²) in [6, 6.07) is 40.0. The third-order valence-electron chi connectivity index (χ3n) is 9.38. The third kappa shape index (κ3) is 6.96. The molecular weight excluding hydrogens is 673 g/mol. The molecular formula is C37H39ClN7O4P. The minimum Gasteiger partial charge on any atom is -0.355 e. The largest absolute Gasteiger partial charge is 0.360 e. The maximum Gasteiger partial charge on any atom is 0.360 e. The van der Waals surface area contributed by atoms with Crippen LogP contribution >= 0.6 is 18.1 Å². The smallest absolute Gasteiger partial charge is 0.355 e. The van der Waals surface area contributed by atoms with Gasteiger partial charge in [0.1, 0.15) is 30.6 Å². The number of carbonyl (C=O) groups is 1. The molecule has 1 amide bonds. The number of morpholine rings is 1. The first-order chi connectivity index (χ1) is 24.4. The fraction of sp³-hybridized carbons (Fsp3) is 0.270. The van der Waals surface area contributed by atoms with E-state index in [9.17, 15) is 9.36 Å². The van der Waals surface area contributed by atoms with Crippen LogP contribution in [0.5, 0.6) is 0 Å². The molecule has 0 bridgehead atoms. The molecule has 258 valence electrons. The number of nitrogens with zero attached hydrogens (tertiary/aromatic N) is 4. The summed E-state index contributed by atoms with van der Waals surface area (Å²) in [5.74, 6) is 0.238. The number of carbonyl (C=O) groups excluding carboxylic acids is 1. The number of aliphatic imine (C=N–C) groups is 2. The Balaban J connectivity index is 1.26. The van der Waals surface area contributed by atoms with Gasteiger partial charge in [0.05, 0.1) is 24.9 Å². The fourth-order valence-corrected chi connectivity index (χ4v) is 7.76. The summed E-state index contributed by atoms with van der Waals surface area (Å²) in [5, 5.41) is 9.07. The first-order valence-electron chi connectivity index (χ1n) is 16.5. The Morgan fingerprint density at radius 1 is 0.920 bits per heavy atom. The van der Waals surface area contributed by atoms with Crippen LogP contribution in [0.1, 0.15) is 27.0 Å². The highest BCUT2D eigenvalue weighted by Gasteiger charge is 2.50. The summed E-state index contributed by atoms with van der Waals surface area (Å²) < 4.78 is 25.3. The second-order valence-electron chi connectivity index (χ2n) is 12.3. The van der Waals surface area contributed by atoms with Gasteiger partial charge < -0.3 is 14.6 Å². The molecule has 4 aromatic carbocycles. The molecule has 0 aromatic heterocycles. The highest BCUT2D eigenvalue weighted by Crippen LogP contribution is 2.48. The number of hydrogen-bond donors (Lipinski definition) is 3. The minimum atomic E-state index is -3.57. The first kappa shape index (κ1) is 34.4. The molecule has 0 aliphatic carbocycles. The zero-order valence-electron chi connectivity index (χ0n) is 27.5. The van der Waals surface area contributed by atoms with Gasteiger partial charge in [0.15, 0.2) is 0 Å². The van der Waals surface area contributed by atoms with Crippen molar-refractivity contribution in [1.29, 1.82) is 0 Å². The normalized spacial score (nSPS) is 23.8. The van der Waals surface area contributed by atoms with E-state index in [2.05, 4.69) is 103 Å². The Morgan fingerprint density at radius 3 is 2.04 bits per heavy atom. The molecule has 7 rings (SSSR count). The molecule has 11 nitrogen and oxygen atoms in total. The number of nitrogens with one attached hydrogen (secondary N) is 3. The fourth-order valence-electron chi connectivity index (χ4n) is 7.10. The molecule has 3 unspecified atom stereocenters. The van der Waals surface area contributed by atoms with E-state index >= 15 is 0 Å². The number of benzene rings is 4. The van der Waals surface area contributed by atoms with E-state index < -0.39 is 30.9 Å². The van der Waals surface area contributed by atoms with Crippen LogP contribution in [0.15, 0.2) is 131 Å². The lowest BCUT2D eigenvalue weighted by atomic mass is 9.75. The Kier molecular flexibility index (Phi) is 10.4. The lowest BCUT2D eigenvalue weighted by Crippen LogP contribution is -2.63. The van der Waals surface area contributed by atoms with E-state index in [1.165, 1.54) is 13.4 Å². The average Bonchev–Trinajstić information content (AvgIpc) is 3.61. The lowest BCUT2D eigenvalue weighted by molar-refractivity contribution is -0.175. The van der Waals surface area contributed by atoms with Crippen molar-refractivity contribution >= 4 is 36.2 Å². The van der Waals surface area contributed by atoms with Crippen molar-refractivity contribution in [2.75, 3.05) is 33.4 Å². The molecule has 0 spiro atoms. The van der Waals surface area contributed by atoms with Crippen LogP contribution in [0.4, 0.5) is 0 Å². The SMILES string of the molecule is CNP(=O)(Cl)OC[C@@H]1CN(C(c2ccccc2)(c2ccccc2)c2ccccc2)C[C@H](N2CNC3C(NC(=O)c4ccccc4)=NC=NC32)O1. The van der Waals surface area contributed by atoms with Gasteiger partial charge >= 0.3 is 6.87 Å². The highest BCUT2D eigenvalue weighted by atomic mass is 35.7. The Labute approximate surface area is 296 Å². The van der Waals surface area contributed by atoms with E-state index in [-0.39, 0.29) is 18.6 Å². The summed E-state index contributed by atoms with van der Waals surface area (Å²) in [4.78, 5) is 26.9. The van der Waals surface area contributed by atoms with Crippen LogP contribution in [0.25, 0.3) is 0 Å². The zero-order chi connectivity index (χ0) is 34.6. The summed E-state index contributed by atoms with van der Waals surface area (Å²) in [7, 11) is 1.50. The summed E-state index contributed by atoms with van der Waals surface area (Å²) >= 11 is 6.18. The molecule has 2 fully saturated rings. The Bertz CT molecular complexity index is 1770. The van der Waals surface area contributed by atoms with Gasteiger partial charge in [0.25, 0.3) is 5.91 Å². The van der Waals surface area contributed by atoms with Crippen molar-refractivity contribution in [2.24, 2.45) is 9.98 Å². The van der Waals surface area contributed by atoms with Crippen molar-refractivity contribution in [3.8, 4) is 0 Å². The maximum absolute atomic E-state index is 13.1. The number of amides is 1. The van der Waals surface area contributed by atoms with Gasteiger partial charge in [0.2, 0.25) is 0 Å². The minimum absolute atomic E-state index is 0.0124. The van der Waals surface area contributed by atoms with Gasteiger partial charge in [0, 0.05) is 18.7 Å². The van der Waals surface area contributed by atoms with Gasteiger partial charge in [-0.15, -0.1) is 0 Å². The van der Waals surface area contributed by atoms with Crippen LogP contribution in [0, 0.1) is 0 Å². The van der Waals surface area contributed by atoms with E-state index in [0.29, 0.717) is 31.2 Å². The van der Waals surface area contributed by atoms with E-state index in [0.717, 1.165) is 16.7 Å². The predicted octanol–water partition coefficient (Wildman–Crippen LogP) is 5.02. The van der Waals surface area contributed by atoms with Crippen LogP contribution in [0.3, 0.4) is 0 Å². The van der Waals surface area contributed by atoms with Crippen molar-refractivity contribution in [3.05, 3.63) is 144 Å². The van der Waals surface area contributed by atoms with Crippen LogP contribution in [-0.2, 0) is 19.4 Å². The molecule has 0 saturated carbocycles. The number of hydrogen-bond acceptors (Lipinski definition) is 9. The maximum atomic E-state index is 13.1. The first-order valence-corrected chi connectivity index (χ1v) is 19.1. The second-order valence-corrected chi connectivity index (χ2v) is 15.3. The molecule has 3 aliphatic heterocycles. The highest BCUT2D eigenvalue weighted by molar-refractivity contribution is 7.83. The van der Waals surface area contributed by atoms with Gasteiger partial charge in [-0.3, -0.25) is 24.6 Å². The number of amidine groups is 1. The van der Waals surface area contributed by atoms with Gasteiger partial charge in [-0.25, -0.2) is 15.0 Å². The third-order valence-corrected chi connectivity index (χ3v) is 11.2. The molecule has 50 heavy (non-hydrogen) atoms. The van der Waals surface area contributed by atoms with Gasteiger partial charge in [-0.05, 0) is 47.1 Å². The van der Waals surface area contributed by atoms with Crippen molar-refractivity contribution < 1.29 is 18.6 Å². The van der Waals surface area contributed by atoms with Crippen molar-refractivity contribution in [2.45, 2.75) is 30.1 Å². The van der Waals surface area contributed by atoms with Crippen molar-refractivity contribution in [1.82, 2.24) is 25.5 Å². The topological polar surface area (TPSA) is 120 Å². The van der Waals surface area contributed by atoms with E-state index in [1.807, 2.05) is 36.4 Å². The van der Waals surface area contributed by atoms with Crippen LogP contribution in [0.2, 0.25) is 0 Å². The van der Waals surface area contributed by atoms with Gasteiger partial charge in [-0.1, -0.05) is 109 Å². The summed E-state index contributed by atoms with van der Waals surface area (Å²) in [6.45, 7) is -2.26.